The van der Waals surface area contributed by atoms with Crippen LogP contribution in [-0.4, -0.2) is 29.6 Å². The molecule has 0 heterocycles. The summed E-state index contributed by atoms with van der Waals surface area (Å²) in [6, 6.07) is 5.90. The second-order valence-electron chi connectivity index (χ2n) is 6.25. The standard InChI is InChI=1S/C18H24FNO4/c1-2-15(24-16-8-4-7-14(19)10-16)11-20-17(21)12-5-3-6-13(9-12)18(22)23/h4,7-8,10,12-13,15H,2-3,5-6,9,11H2,1H3,(H,20,21)(H,22,23). The van der Waals surface area contributed by atoms with Crippen molar-refractivity contribution in [2.24, 2.45) is 11.8 Å². The van der Waals surface area contributed by atoms with Crippen molar-refractivity contribution in [1.82, 2.24) is 5.32 Å². The number of nitrogens with one attached hydrogen (secondary N) is 1. The molecule has 1 aliphatic carbocycles. The van der Waals surface area contributed by atoms with Gasteiger partial charge in [-0.2, -0.15) is 0 Å². The Hall–Kier alpha value is -2.11. The highest BCUT2D eigenvalue weighted by Gasteiger charge is 2.31. The quantitative estimate of drug-likeness (QED) is 0.802. The Balaban J connectivity index is 1.83. The molecule has 1 aromatic carbocycles. The Labute approximate surface area is 141 Å². The van der Waals surface area contributed by atoms with E-state index in [1.165, 1.54) is 12.1 Å². The monoisotopic (exact) mass is 337 g/mol. The first-order chi connectivity index (χ1) is 11.5. The van der Waals surface area contributed by atoms with Crippen LogP contribution in [0.4, 0.5) is 4.39 Å². The fourth-order valence-corrected chi connectivity index (χ4v) is 3.01. The van der Waals surface area contributed by atoms with Crippen LogP contribution >= 0.6 is 0 Å². The minimum atomic E-state index is -0.826. The number of halogens is 1. The van der Waals surface area contributed by atoms with Crippen LogP contribution in [0.5, 0.6) is 5.75 Å². The molecule has 0 aromatic heterocycles. The van der Waals surface area contributed by atoms with Gasteiger partial charge in [0.2, 0.25) is 5.91 Å². The van der Waals surface area contributed by atoms with Crippen LogP contribution in [0.25, 0.3) is 0 Å². The smallest absolute Gasteiger partial charge is 0.306 e. The van der Waals surface area contributed by atoms with E-state index >= 15 is 0 Å². The average molecular weight is 337 g/mol. The average Bonchev–Trinajstić information content (AvgIpc) is 2.58. The van der Waals surface area contributed by atoms with Gasteiger partial charge in [0.05, 0.1) is 12.5 Å². The maximum atomic E-state index is 13.2. The zero-order chi connectivity index (χ0) is 17.5. The largest absolute Gasteiger partial charge is 0.489 e. The molecule has 1 aromatic rings. The Morgan fingerprint density at radius 2 is 2.12 bits per heavy atom. The highest BCUT2D eigenvalue weighted by molar-refractivity contribution is 5.80. The van der Waals surface area contributed by atoms with Crippen molar-refractivity contribution in [2.75, 3.05) is 6.54 Å². The summed E-state index contributed by atoms with van der Waals surface area (Å²) in [6.07, 6.45) is 2.92. The lowest BCUT2D eigenvalue weighted by Crippen LogP contribution is -2.40. The molecule has 6 heteroatoms. The number of carboxylic acids is 1. The predicted octanol–water partition coefficient (Wildman–Crippen LogP) is 2.99. The van der Waals surface area contributed by atoms with E-state index in [1.54, 1.807) is 12.1 Å². The number of hydrogen-bond acceptors (Lipinski definition) is 3. The minimum absolute atomic E-state index is 0.123. The number of aliphatic carboxylic acids is 1. The lowest BCUT2D eigenvalue weighted by atomic mass is 9.81. The maximum absolute atomic E-state index is 13.2. The van der Waals surface area contributed by atoms with E-state index in [0.717, 1.165) is 12.8 Å². The predicted molar refractivity (Wildman–Crippen MR) is 87.2 cm³/mol. The van der Waals surface area contributed by atoms with Crippen molar-refractivity contribution < 1.29 is 23.8 Å². The second-order valence-corrected chi connectivity index (χ2v) is 6.25. The number of carbonyl (C=O) groups is 2. The molecule has 0 spiro atoms. The van der Waals surface area contributed by atoms with E-state index < -0.39 is 11.9 Å². The Morgan fingerprint density at radius 3 is 2.79 bits per heavy atom. The molecular weight excluding hydrogens is 313 g/mol. The third-order valence-electron chi connectivity index (χ3n) is 4.45. The first-order valence-corrected chi connectivity index (χ1v) is 8.42. The number of benzene rings is 1. The van der Waals surface area contributed by atoms with E-state index in [1.807, 2.05) is 6.92 Å². The second kappa shape index (κ2) is 8.66. The molecule has 1 fully saturated rings. The molecule has 0 aliphatic heterocycles. The van der Waals surface area contributed by atoms with Gasteiger partial charge < -0.3 is 15.2 Å². The normalized spacial score (nSPS) is 21.8. The molecule has 0 radical (unpaired) electrons. The maximum Gasteiger partial charge on any atom is 0.306 e. The first kappa shape index (κ1) is 18.2. The van der Waals surface area contributed by atoms with Gasteiger partial charge in [0.1, 0.15) is 17.7 Å². The van der Waals surface area contributed by atoms with E-state index in [2.05, 4.69) is 5.32 Å². The van der Waals surface area contributed by atoms with Crippen molar-refractivity contribution in [3.63, 3.8) is 0 Å². The van der Waals surface area contributed by atoms with Gasteiger partial charge in [0.15, 0.2) is 0 Å². The van der Waals surface area contributed by atoms with E-state index in [9.17, 15) is 14.0 Å². The summed E-state index contributed by atoms with van der Waals surface area (Å²) in [5, 5.41) is 11.9. The van der Waals surface area contributed by atoms with Crippen LogP contribution in [0.2, 0.25) is 0 Å². The Bertz CT molecular complexity index is 578. The zero-order valence-electron chi connectivity index (χ0n) is 13.8. The molecule has 1 amide bonds. The number of carboxylic acid groups (broad SMARTS) is 1. The van der Waals surface area contributed by atoms with Crippen LogP contribution in [0.1, 0.15) is 39.0 Å². The molecule has 1 saturated carbocycles. The van der Waals surface area contributed by atoms with Crippen molar-refractivity contribution >= 4 is 11.9 Å². The van der Waals surface area contributed by atoms with Crippen LogP contribution < -0.4 is 10.1 Å². The number of amides is 1. The fourth-order valence-electron chi connectivity index (χ4n) is 3.01. The van der Waals surface area contributed by atoms with Crippen molar-refractivity contribution in [1.29, 1.82) is 0 Å². The highest BCUT2D eigenvalue weighted by atomic mass is 19.1. The molecule has 2 rings (SSSR count). The third kappa shape index (κ3) is 5.22. The van der Waals surface area contributed by atoms with Gasteiger partial charge >= 0.3 is 5.97 Å². The molecule has 24 heavy (non-hydrogen) atoms. The fraction of sp³-hybridized carbons (Fsp3) is 0.556. The SMILES string of the molecule is CCC(CNC(=O)C1CCCC(C(=O)O)C1)Oc1cccc(F)c1. The summed E-state index contributed by atoms with van der Waals surface area (Å²) in [7, 11) is 0. The van der Waals surface area contributed by atoms with E-state index in [-0.39, 0.29) is 23.7 Å². The molecule has 0 saturated heterocycles. The molecule has 132 valence electrons. The van der Waals surface area contributed by atoms with Crippen molar-refractivity contribution in [3.8, 4) is 5.75 Å². The number of carbonyl (C=O) groups excluding carboxylic acids is 1. The van der Waals surface area contributed by atoms with Crippen LogP contribution in [0, 0.1) is 17.7 Å². The van der Waals surface area contributed by atoms with Crippen LogP contribution in [0.3, 0.4) is 0 Å². The number of hydrogen-bond donors (Lipinski definition) is 2. The lowest BCUT2D eigenvalue weighted by Gasteiger charge is -2.26. The molecule has 3 atom stereocenters. The molecule has 2 N–H and O–H groups in total. The summed E-state index contributed by atoms with van der Waals surface area (Å²) < 4.78 is 18.9. The highest BCUT2D eigenvalue weighted by Crippen LogP contribution is 2.29. The van der Waals surface area contributed by atoms with Gasteiger partial charge in [-0.05, 0) is 37.8 Å². The van der Waals surface area contributed by atoms with Crippen LogP contribution in [0.15, 0.2) is 24.3 Å². The first-order valence-electron chi connectivity index (χ1n) is 8.42. The van der Waals surface area contributed by atoms with Gasteiger partial charge in [-0.3, -0.25) is 9.59 Å². The third-order valence-corrected chi connectivity index (χ3v) is 4.45. The number of ether oxygens (including phenoxy) is 1. The lowest BCUT2D eigenvalue weighted by molar-refractivity contribution is -0.144. The Morgan fingerprint density at radius 1 is 1.38 bits per heavy atom. The van der Waals surface area contributed by atoms with Crippen molar-refractivity contribution in [2.45, 2.75) is 45.1 Å². The molecule has 0 bridgehead atoms. The molecule has 3 unspecified atom stereocenters. The minimum Gasteiger partial charge on any atom is -0.489 e. The van der Waals surface area contributed by atoms with Crippen LogP contribution in [-0.2, 0) is 9.59 Å². The van der Waals surface area contributed by atoms with E-state index in [0.29, 0.717) is 31.6 Å². The van der Waals surface area contributed by atoms with Gasteiger partial charge in [-0.15, -0.1) is 0 Å². The molecule has 5 nitrogen and oxygen atoms in total. The summed E-state index contributed by atoms with van der Waals surface area (Å²) in [5.41, 5.74) is 0. The summed E-state index contributed by atoms with van der Waals surface area (Å²) >= 11 is 0. The van der Waals surface area contributed by atoms with Crippen molar-refractivity contribution in [3.05, 3.63) is 30.1 Å². The van der Waals surface area contributed by atoms with Gasteiger partial charge in [-0.1, -0.05) is 19.4 Å². The Kier molecular flexibility index (Phi) is 6.58. The van der Waals surface area contributed by atoms with Gasteiger partial charge in [-0.25, -0.2) is 4.39 Å². The summed E-state index contributed by atoms with van der Waals surface area (Å²) in [4.78, 5) is 23.4. The van der Waals surface area contributed by atoms with E-state index in [4.69, 9.17) is 9.84 Å². The number of rotatable bonds is 7. The van der Waals surface area contributed by atoms with Gasteiger partial charge in [0, 0.05) is 12.0 Å². The topological polar surface area (TPSA) is 75.6 Å². The summed E-state index contributed by atoms with van der Waals surface area (Å²) in [5.74, 6) is -1.57. The molecule has 1 aliphatic rings. The van der Waals surface area contributed by atoms with Gasteiger partial charge in [0.25, 0.3) is 0 Å². The zero-order valence-corrected chi connectivity index (χ0v) is 13.8. The molecular formula is C18H24FNO4. The summed E-state index contributed by atoms with van der Waals surface area (Å²) in [6.45, 7) is 2.25.